The van der Waals surface area contributed by atoms with Crippen molar-refractivity contribution in [3.8, 4) is 5.75 Å². The number of hydrogen-bond acceptors (Lipinski definition) is 2. The van der Waals surface area contributed by atoms with Crippen LogP contribution in [0, 0.1) is 0 Å². The third kappa shape index (κ3) is 2.81. The predicted molar refractivity (Wildman–Crippen MR) is 77.6 cm³/mol. The van der Waals surface area contributed by atoms with Crippen molar-refractivity contribution in [1.29, 1.82) is 0 Å². The van der Waals surface area contributed by atoms with E-state index in [1.165, 1.54) is 12.1 Å². The first-order chi connectivity index (χ1) is 10.3. The van der Waals surface area contributed by atoms with E-state index in [4.69, 9.17) is 4.74 Å². The van der Waals surface area contributed by atoms with Gasteiger partial charge in [0.05, 0.1) is 11.3 Å². The van der Waals surface area contributed by atoms with E-state index in [1.54, 1.807) is 18.2 Å². The van der Waals surface area contributed by atoms with Crippen LogP contribution in [0.5, 0.6) is 5.75 Å². The molecule has 1 amide bonds. The minimum absolute atomic E-state index is 0.358. The Hall–Kier alpha value is -2.02. The Morgan fingerprint density at radius 1 is 1.09 bits per heavy atom. The Morgan fingerprint density at radius 2 is 1.77 bits per heavy atom. The molecule has 2 aromatic carbocycles. The van der Waals surface area contributed by atoms with Crippen LogP contribution in [-0.4, -0.2) is 5.91 Å². The van der Waals surface area contributed by atoms with Gasteiger partial charge in [-0.25, -0.2) is 0 Å². The highest BCUT2D eigenvalue weighted by Crippen LogP contribution is 2.37. The molecule has 2 aromatic rings. The molecule has 0 fully saturated rings. The smallest absolute Gasteiger partial charge is 0.416 e. The molecule has 0 spiro atoms. The third-order valence-electron chi connectivity index (χ3n) is 3.23. The average molecular weight is 372 g/mol. The summed E-state index contributed by atoms with van der Waals surface area (Å²) in [4.78, 5) is 12.1. The number of rotatable bonds is 1. The zero-order valence-corrected chi connectivity index (χ0v) is 12.5. The number of carbonyl (C=O) groups excluding carboxylic acids is 1. The quantitative estimate of drug-likeness (QED) is 0.798. The molecule has 1 atom stereocenters. The van der Waals surface area contributed by atoms with Crippen LogP contribution in [-0.2, 0) is 11.0 Å². The Kier molecular flexibility index (Phi) is 3.60. The molecule has 0 unspecified atom stereocenters. The van der Waals surface area contributed by atoms with Crippen molar-refractivity contribution < 1.29 is 22.7 Å². The lowest BCUT2D eigenvalue weighted by molar-refractivity contribution is -0.137. The van der Waals surface area contributed by atoms with E-state index < -0.39 is 23.8 Å². The molecule has 1 aliphatic rings. The zero-order chi connectivity index (χ0) is 15.9. The molecule has 3 rings (SSSR count). The van der Waals surface area contributed by atoms with Crippen molar-refractivity contribution >= 4 is 27.5 Å². The van der Waals surface area contributed by atoms with Crippen LogP contribution < -0.4 is 10.1 Å². The lowest BCUT2D eigenvalue weighted by Crippen LogP contribution is -2.30. The fraction of sp³-hybridized carbons (Fsp3) is 0.133. The molecule has 0 bridgehead atoms. The van der Waals surface area contributed by atoms with Crippen molar-refractivity contribution in [3.63, 3.8) is 0 Å². The van der Waals surface area contributed by atoms with Gasteiger partial charge < -0.3 is 10.1 Å². The fourth-order valence-corrected chi connectivity index (χ4v) is 2.48. The van der Waals surface area contributed by atoms with E-state index in [1.807, 2.05) is 0 Å². The van der Waals surface area contributed by atoms with Crippen LogP contribution in [0.25, 0.3) is 0 Å². The molecular weight excluding hydrogens is 363 g/mol. The summed E-state index contributed by atoms with van der Waals surface area (Å²) in [6.07, 6.45) is -5.39. The van der Waals surface area contributed by atoms with Gasteiger partial charge in [0.25, 0.3) is 5.91 Å². The standard InChI is InChI=1S/C15H9BrF3NO2/c16-10-5-6-11-12(7-10)22-13(14(21)20-11)8-1-3-9(4-2-8)15(17,18)19/h1-7,13H,(H,20,21)/t13-/m0/s1. The van der Waals surface area contributed by atoms with Gasteiger partial charge in [-0.2, -0.15) is 13.2 Å². The number of alkyl halides is 3. The van der Waals surface area contributed by atoms with E-state index in [2.05, 4.69) is 21.2 Å². The first kappa shape index (κ1) is 14.9. The minimum Gasteiger partial charge on any atom is -0.474 e. The van der Waals surface area contributed by atoms with Crippen LogP contribution in [0.1, 0.15) is 17.2 Å². The minimum atomic E-state index is -4.41. The number of anilines is 1. The SMILES string of the molecule is O=C1Nc2ccc(Br)cc2O[C@H]1c1ccc(C(F)(F)F)cc1. The van der Waals surface area contributed by atoms with Gasteiger partial charge in [0.1, 0.15) is 5.75 Å². The summed E-state index contributed by atoms with van der Waals surface area (Å²) in [7, 11) is 0. The molecule has 0 saturated heterocycles. The topological polar surface area (TPSA) is 38.3 Å². The Labute approximate surface area is 132 Å². The van der Waals surface area contributed by atoms with E-state index in [0.29, 0.717) is 17.0 Å². The molecule has 7 heteroatoms. The number of amides is 1. The van der Waals surface area contributed by atoms with Crippen molar-refractivity contribution in [3.05, 3.63) is 58.1 Å². The normalized spacial score (nSPS) is 17.5. The summed E-state index contributed by atoms with van der Waals surface area (Å²) < 4.78 is 44.1. The lowest BCUT2D eigenvalue weighted by atomic mass is 10.0. The van der Waals surface area contributed by atoms with Gasteiger partial charge in [-0.3, -0.25) is 4.79 Å². The summed E-state index contributed by atoms with van der Waals surface area (Å²) in [5.41, 5.74) is 0.114. The highest BCUT2D eigenvalue weighted by molar-refractivity contribution is 9.10. The molecule has 0 radical (unpaired) electrons. The van der Waals surface area contributed by atoms with Gasteiger partial charge in [-0.15, -0.1) is 0 Å². The number of carbonyl (C=O) groups is 1. The average Bonchev–Trinajstić information content (AvgIpc) is 2.46. The monoisotopic (exact) mass is 371 g/mol. The summed E-state index contributed by atoms with van der Waals surface area (Å²) in [5.74, 6) is 0.0356. The van der Waals surface area contributed by atoms with Gasteiger partial charge >= 0.3 is 6.18 Å². The first-order valence-corrected chi connectivity index (χ1v) is 7.08. The van der Waals surface area contributed by atoms with Gasteiger partial charge in [-0.05, 0) is 30.3 Å². The van der Waals surface area contributed by atoms with Crippen LogP contribution in [0.2, 0.25) is 0 Å². The molecule has 1 heterocycles. The molecule has 1 aliphatic heterocycles. The summed E-state index contributed by atoms with van der Waals surface area (Å²) >= 11 is 3.30. The van der Waals surface area contributed by atoms with E-state index >= 15 is 0 Å². The molecule has 22 heavy (non-hydrogen) atoms. The summed E-state index contributed by atoms with van der Waals surface area (Å²) in [6, 6.07) is 9.48. The second-order valence-electron chi connectivity index (χ2n) is 4.75. The number of hydrogen-bond donors (Lipinski definition) is 1. The van der Waals surface area contributed by atoms with Gasteiger partial charge in [0, 0.05) is 10.0 Å². The molecule has 0 saturated carbocycles. The first-order valence-electron chi connectivity index (χ1n) is 6.29. The number of nitrogens with one attached hydrogen (secondary N) is 1. The highest BCUT2D eigenvalue weighted by atomic mass is 79.9. The Balaban J connectivity index is 1.91. The second-order valence-corrected chi connectivity index (χ2v) is 5.66. The number of fused-ring (bicyclic) bond motifs is 1. The number of halogens is 4. The molecule has 114 valence electrons. The second kappa shape index (κ2) is 5.31. The van der Waals surface area contributed by atoms with Crippen molar-refractivity contribution in [2.45, 2.75) is 12.3 Å². The number of ether oxygens (including phenoxy) is 1. The molecule has 1 N–H and O–H groups in total. The van der Waals surface area contributed by atoms with E-state index in [9.17, 15) is 18.0 Å². The largest absolute Gasteiger partial charge is 0.474 e. The third-order valence-corrected chi connectivity index (χ3v) is 3.72. The predicted octanol–water partition coefficient (Wildman–Crippen LogP) is 4.54. The van der Waals surface area contributed by atoms with Gasteiger partial charge in [0.2, 0.25) is 6.10 Å². The van der Waals surface area contributed by atoms with Crippen LogP contribution in [0.15, 0.2) is 46.9 Å². The maximum atomic E-state index is 12.6. The van der Waals surface area contributed by atoms with Crippen LogP contribution >= 0.6 is 15.9 Å². The zero-order valence-electron chi connectivity index (χ0n) is 10.9. The van der Waals surface area contributed by atoms with Crippen LogP contribution in [0.4, 0.5) is 18.9 Å². The van der Waals surface area contributed by atoms with Crippen molar-refractivity contribution in [2.24, 2.45) is 0 Å². The molecule has 0 aliphatic carbocycles. The maximum Gasteiger partial charge on any atom is 0.416 e. The van der Waals surface area contributed by atoms with Gasteiger partial charge in [0.15, 0.2) is 0 Å². The van der Waals surface area contributed by atoms with E-state index in [-0.39, 0.29) is 0 Å². The molecule has 3 nitrogen and oxygen atoms in total. The molecular formula is C15H9BrF3NO2. The van der Waals surface area contributed by atoms with Crippen molar-refractivity contribution in [1.82, 2.24) is 0 Å². The summed E-state index contributed by atoms with van der Waals surface area (Å²) in [6.45, 7) is 0. The lowest BCUT2D eigenvalue weighted by Gasteiger charge is -2.26. The maximum absolute atomic E-state index is 12.6. The fourth-order valence-electron chi connectivity index (χ4n) is 2.14. The highest BCUT2D eigenvalue weighted by Gasteiger charge is 2.32. The molecule has 0 aromatic heterocycles. The van der Waals surface area contributed by atoms with Gasteiger partial charge in [-0.1, -0.05) is 28.1 Å². The van der Waals surface area contributed by atoms with E-state index in [0.717, 1.165) is 16.6 Å². The van der Waals surface area contributed by atoms with Crippen molar-refractivity contribution in [2.75, 3.05) is 5.32 Å². The van der Waals surface area contributed by atoms with Crippen LogP contribution in [0.3, 0.4) is 0 Å². The Bertz CT molecular complexity index is 729. The Morgan fingerprint density at radius 3 is 2.41 bits per heavy atom. The summed E-state index contributed by atoms with van der Waals surface area (Å²) in [5, 5.41) is 2.67. The number of benzene rings is 2.